The van der Waals surface area contributed by atoms with E-state index in [-0.39, 0.29) is 5.75 Å². The van der Waals surface area contributed by atoms with Crippen LogP contribution < -0.4 is 10.6 Å². The number of carbonyl (C=O) groups excluding carboxylic acids is 2. The summed E-state index contributed by atoms with van der Waals surface area (Å²) >= 11 is 10.3. The first-order valence-corrected chi connectivity index (χ1v) is 9.57. The number of thiol groups is 1. The van der Waals surface area contributed by atoms with E-state index in [1.807, 2.05) is 30.3 Å². The number of anilines is 1. The van der Waals surface area contributed by atoms with Crippen LogP contribution in [0.1, 0.15) is 11.1 Å². The molecule has 0 fully saturated rings. The van der Waals surface area contributed by atoms with Gasteiger partial charge in [-0.1, -0.05) is 41.9 Å². The summed E-state index contributed by atoms with van der Waals surface area (Å²) in [4.78, 5) is 32.8. The Kier molecular flexibility index (Phi) is 6.07. The van der Waals surface area contributed by atoms with Crippen LogP contribution in [0.15, 0.2) is 53.5 Å². The maximum Gasteiger partial charge on any atom is 0.272 e. The summed E-state index contributed by atoms with van der Waals surface area (Å²) in [6, 6.07) is 13.7. The highest BCUT2D eigenvalue weighted by molar-refractivity contribution is 7.80. The van der Waals surface area contributed by atoms with E-state index in [0.29, 0.717) is 22.0 Å². The predicted octanol–water partition coefficient (Wildman–Crippen LogP) is 2.36. The second-order valence-corrected chi connectivity index (χ2v) is 7.18. The molecule has 2 aromatic rings. The summed E-state index contributed by atoms with van der Waals surface area (Å²) in [5, 5.41) is 0.503. The van der Waals surface area contributed by atoms with Gasteiger partial charge in [0.25, 0.3) is 5.91 Å². The van der Waals surface area contributed by atoms with Crippen molar-refractivity contribution in [3.63, 3.8) is 0 Å². The van der Waals surface area contributed by atoms with Crippen LogP contribution in [0, 0.1) is 7.05 Å². The molecular weight excluding hydrogens is 396 g/mol. The normalized spacial score (nSPS) is 17.5. The van der Waals surface area contributed by atoms with Gasteiger partial charge in [-0.05, 0) is 18.2 Å². The number of rotatable bonds is 4. The van der Waals surface area contributed by atoms with Crippen LogP contribution >= 0.6 is 24.2 Å². The SMILES string of the molecule is [CH2]N1C(=O)C(N(C)C(=O)C(N)CS)N=C(c2ccccc2)c2cc(Cl)ccc21. The lowest BCUT2D eigenvalue weighted by Gasteiger charge is -2.28. The Morgan fingerprint density at radius 2 is 2.04 bits per heavy atom. The number of amides is 2. The van der Waals surface area contributed by atoms with Gasteiger partial charge in [0.1, 0.15) is 0 Å². The summed E-state index contributed by atoms with van der Waals surface area (Å²) in [7, 11) is 5.37. The minimum atomic E-state index is -1.11. The highest BCUT2D eigenvalue weighted by Crippen LogP contribution is 2.31. The number of carbonyl (C=O) groups is 2. The molecule has 145 valence electrons. The zero-order valence-electron chi connectivity index (χ0n) is 15.2. The van der Waals surface area contributed by atoms with Crippen molar-refractivity contribution in [2.45, 2.75) is 12.2 Å². The molecule has 0 saturated heterocycles. The van der Waals surface area contributed by atoms with Gasteiger partial charge in [-0.3, -0.25) is 9.59 Å². The van der Waals surface area contributed by atoms with Gasteiger partial charge in [-0.25, -0.2) is 4.99 Å². The quantitative estimate of drug-likeness (QED) is 0.752. The van der Waals surface area contributed by atoms with Crippen molar-refractivity contribution in [3.8, 4) is 0 Å². The van der Waals surface area contributed by atoms with Gasteiger partial charge in [-0.2, -0.15) is 12.6 Å². The number of hydrogen-bond donors (Lipinski definition) is 2. The molecule has 1 aliphatic rings. The molecule has 1 radical (unpaired) electrons. The van der Waals surface area contributed by atoms with Crippen LogP contribution in [-0.2, 0) is 9.59 Å². The molecule has 6 nitrogen and oxygen atoms in total. The van der Waals surface area contributed by atoms with E-state index < -0.39 is 24.0 Å². The number of fused-ring (bicyclic) bond motifs is 1. The lowest BCUT2D eigenvalue weighted by molar-refractivity contribution is -0.138. The fraction of sp³-hybridized carbons (Fsp3) is 0.200. The molecule has 2 aromatic carbocycles. The monoisotopic (exact) mass is 415 g/mol. The highest BCUT2D eigenvalue weighted by Gasteiger charge is 2.35. The van der Waals surface area contributed by atoms with Crippen molar-refractivity contribution < 1.29 is 9.59 Å². The third kappa shape index (κ3) is 3.78. The predicted molar refractivity (Wildman–Crippen MR) is 115 cm³/mol. The molecule has 2 amide bonds. The van der Waals surface area contributed by atoms with Crippen LogP contribution in [-0.4, -0.2) is 47.4 Å². The minimum absolute atomic E-state index is 0.156. The molecular formula is C20H20ClN4O2S. The Bertz CT molecular complexity index is 935. The van der Waals surface area contributed by atoms with Crippen LogP contribution in [0.5, 0.6) is 0 Å². The van der Waals surface area contributed by atoms with E-state index in [0.717, 1.165) is 5.56 Å². The number of nitrogens with two attached hydrogens (primary N) is 1. The maximum atomic E-state index is 13.1. The van der Waals surface area contributed by atoms with Crippen LogP contribution in [0.3, 0.4) is 0 Å². The van der Waals surface area contributed by atoms with Crippen molar-refractivity contribution in [1.29, 1.82) is 0 Å². The van der Waals surface area contributed by atoms with Gasteiger partial charge in [-0.15, -0.1) is 0 Å². The lowest BCUT2D eigenvalue weighted by Crippen LogP contribution is -2.52. The molecule has 0 saturated carbocycles. The van der Waals surface area contributed by atoms with Gasteiger partial charge in [0, 0.05) is 36.0 Å². The van der Waals surface area contributed by atoms with Crippen molar-refractivity contribution in [2.75, 3.05) is 17.7 Å². The molecule has 2 atom stereocenters. The van der Waals surface area contributed by atoms with E-state index in [1.54, 1.807) is 18.2 Å². The third-order valence-electron chi connectivity index (χ3n) is 4.52. The smallest absolute Gasteiger partial charge is 0.272 e. The van der Waals surface area contributed by atoms with E-state index in [4.69, 9.17) is 17.3 Å². The number of nitrogens with zero attached hydrogens (tertiary/aromatic N) is 3. The Morgan fingerprint density at radius 1 is 1.36 bits per heavy atom. The summed E-state index contributed by atoms with van der Waals surface area (Å²) in [6.07, 6.45) is -1.11. The fourth-order valence-corrected chi connectivity index (χ4v) is 3.31. The van der Waals surface area contributed by atoms with Gasteiger partial charge in [0.15, 0.2) is 0 Å². The summed E-state index contributed by atoms with van der Waals surface area (Å²) in [5.41, 5.74) is 8.36. The molecule has 2 N–H and O–H groups in total. The molecule has 0 bridgehead atoms. The molecule has 28 heavy (non-hydrogen) atoms. The first-order valence-electron chi connectivity index (χ1n) is 8.56. The first kappa shape index (κ1) is 20.4. The minimum Gasteiger partial charge on any atom is -0.319 e. The Balaban J connectivity index is 2.19. The first-order chi connectivity index (χ1) is 13.3. The summed E-state index contributed by atoms with van der Waals surface area (Å²) in [5.74, 6) is -0.720. The largest absolute Gasteiger partial charge is 0.319 e. The van der Waals surface area contributed by atoms with Crippen LogP contribution in [0.2, 0.25) is 5.02 Å². The highest BCUT2D eigenvalue weighted by atomic mass is 35.5. The van der Waals surface area contributed by atoms with Crippen molar-refractivity contribution in [1.82, 2.24) is 4.90 Å². The molecule has 0 aromatic heterocycles. The lowest BCUT2D eigenvalue weighted by atomic mass is 10.0. The zero-order valence-corrected chi connectivity index (χ0v) is 16.9. The van der Waals surface area contributed by atoms with Crippen molar-refractivity contribution in [3.05, 3.63) is 71.7 Å². The summed E-state index contributed by atoms with van der Waals surface area (Å²) < 4.78 is 0. The average Bonchev–Trinajstić information content (AvgIpc) is 2.82. The third-order valence-corrected chi connectivity index (χ3v) is 5.15. The number of likely N-dealkylation sites (N-methyl/N-ethyl adjacent to an activating group) is 1. The molecule has 2 unspecified atom stereocenters. The van der Waals surface area contributed by atoms with Gasteiger partial charge in [0.2, 0.25) is 12.1 Å². The Hall–Kier alpha value is -2.35. The number of hydrogen-bond acceptors (Lipinski definition) is 5. The van der Waals surface area contributed by atoms with E-state index >= 15 is 0 Å². The second kappa shape index (κ2) is 8.34. The van der Waals surface area contributed by atoms with Gasteiger partial charge >= 0.3 is 0 Å². The van der Waals surface area contributed by atoms with Crippen LogP contribution in [0.25, 0.3) is 0 Å². The molecule has 8 heteroatoms. The standard InChI is InChI=1S/C20H20ClN4O2S/c1-24-16-9-8-13(21)10-14(16)17(12-6-4-3-5-7-12)23-18(20(24)27)25(2)19(26)15(22)11-28/h3-10,15,18,28H,1,11,22H2,2H3. The summed E-state index contributed by atoms with van der Waals surface area (Å²) in [6.45, 7) is 0. The van der Waals surface area contributed by atoms with Crippen LogP contribution in [0.4, 0.5) is 5.69 Å². The van der Waals surface area contributed by atoms with E-state index in [2.05, 4.69) is 24.7 Å². The molecule has 0 aliphatic carbocycles. The Labute approximate surface area is 174 Å². The van der Waals surface area contributed by atoms with Crippen molar-refractivity contribution in [2.24, 2.45) is 10.7 Å². The second-order valence-electron chi connectivity index (χ2n) is 6.38. The number of halogens is 1. The number of benzodiazepines with no additional fused rings is 1. The van der Waals surface area contributed by atoms with Gasteiger partial charge < -0.3 is 15.5 Å². The zero-order chi connectivity index (χ0) is 20.4. The molecule has 1 aliphatic heterocycles. The molecule has 1 heterocycles. The fourth-order valence-electron chi connectivity index (χ4n) is 2.98. The average molecular weight is 416 g/mol. The van der Waals surface area contributed by atoms with Crippen molar-refractivity contribution >= 4 is 47.4 Å². The van der Waals surface area contributed by atoms with E-state index in [1.165, 1.54) is 16.8 Å². The Morgan fingerprint density at radius 3 is 2.68 bits per heavy atom. The molecule has 3 rings (SSSR count). The molecule has 0 spiro atoms. The number of benzene rings is 2. The number of aliphatic imine (C=N–C) groups is 1. The maximum absolute atomic E-state index is 13.1. The van der Waals surface area contributed by atoms with Gasteiger partial charge in [0.05, 0.1) is 17.4 Å². The topological polar surface area (TPSA) is 79.0 Å². The van der Waals surface area contributed by atoms with E-state index in [9.17, 15) is 9.59 Å².